The number of piperidine rings is 1. The lowest BCUT2D eigenvalue weighted by Gasteiger charge is -2.40. The molecule has 0 unspecified atom stereocenters. The van der Waals surface area contributed by atoms with Crippen molar-refractivity contribution in [2.75, 3.05) is 18.4 Å². The van der Waals surface area contributed by atoms with Gasteiger partial charge in [-0.05, 0) is 42.7 Å². The number of fused-ring (bicyclic) bond motifs is 1. The molecule has 0 atom stereocenters. The van der Waals surface area contributed by atoms with Crippen molar-refractivity contribution in [3.05, 3.63) is 64.7 Å². The summed E-state index contributed by atoms with van der Waals surface area (Å²) in [5, 5.41) is 7.03. The Bertz CT molecular complexity index is 860. The smallest absolute Gasteiger partial charge is 0.253 e. The van der Waals surface area contributed by atoms with E-state index in [0.717, 1.165) is 11.3 Å². The zero-order valence-electron chi connectivity index (χ0n) is 14.3. The van der Waals surface area contributed by atoms with Gasteiger partial charge < -0.3 is 10.2 Å². The molecule has 2 aliphatic rings. The molecule has 0 radical (unpaired) electrons. The summed E-state index contributed by atoms with van der Waals surface area (Å²) in [7, 11) is 0. The highest BCUT2D eigenvalue weighted by atomic mass is 35.5. The van der Waals surface area contributed by atoms with E-state index in [1.54, 1.807) is 29.2 Å². The van der Waals surface area contributed by atoms with Crippen molar-refractivity contribution in [1.82, 2.24) is 10.2 Å². The lowest BCUT2D eigenvalue weighted by Crippen LogP contribution is -2.59. The molecule has 2 N–H and O–H groups in total. The van der Waals surface area contributed by atoms with Gasteiger partial charge in [-0.25, -0.2) is 0 Å². The number of hydrogen-bond acceptors (Lipinski definition) is 3. The highest BCUT2D eigenvalue weighted by molar-refractivity contribution is 6.30. The van der Waals surface area contributed by atoms with Crippen LogP contribution in [0.15, 0.2) is 48.5 Å². The Morgan fingerprint density at radius 2 is 1.85 bits per heavy atom. The number of likely N-dealkylation sites (tertiary alicyclic amines) is 1. The summed E-state index contributed by atoms with van der Waals surface area (Å²) in [6, 6.07) is 14.8. The fourth-order valence-electron chi connectivity index (χ4n) is 3.68. The van der Waals surface area contributed by atoms with Crippen LogP contribution in [-0.4, -0.2) is 35.3 Å². The first-order valence-electron chi connectivity index (χ1n) is 8.77. The number of benzene rings is 2. The van der Waals surface area contributed by atoms with Crippen LogP contribution in [0.5, 0.6) is 0 Å². The van der Waals surface area contributed by atoms with Gasteiger partial charge in [-0.3, -0.25) is 14.9 Å². The molecule has 0 aromatic heterocycles. The van der Waals surface area contributed by atoms with Crippen molar-refractivity contribution in [2.24, 2.45) is 0 Å². The molecular formula is C20H20ClN3O2. The van der Waals surface area contributed by atoms with Crippen molar-refractivity contribution in [2.45, 2.75) is 24.9 Å². The van der Waals surface area contributed by atoms with Gasteiger partial charge in [0.1, 0.15) is 5.54 Å². The van der Waals surface area contributed by atoms with Crippen LogP contribution in [0.2, 0.25) is 5.02 Å². The first kappa shape index (κ1) is 17.1. The number of nitrogens with zero attached hydrogens (tertiary/aromatic N) is 1. The van der Waals surface area contributed by atoms with E-state index < -0.39 is 5.54 Å². The van der Waals surface area contributed by atoms with Crippen molar-refractivity contribution >= 4 is 29.1 Å². The lowest BCUT2D eigenvalue weighted by atomic mass is 9.86. The third kappa shape index (κ3) is 3.08. The molecule has 1 saturated heterocycles. The Morgan fingerprint density at radius 1 is 1.08 bits per heavy atom. The van der Waals surface area contributed by atoms with E-state index in [1.807, 2.05) is 24.3 Å². The number of rotatable bonds is 1. The van der Waals surface area contributed by atoms with Crippen molar-refractivity contribution in [3.63, 3.8) is 0 Å². The zero-order chi connectivity index (χ0) is 18.1. The highest BCUT2D eigenvalue weighted by Crippen LogP contribution is 2.30. The molecule has 5 nitrogen and oxygen atoms in total. The monoisotopic (exact) mass is 369 g/mol. The summed E-state index contributed by atoms with van der Waals surface area (Å²) in [5.41, 5.74) is 1.89. The number of carbonyl (C=O) groups is 2. The van der Waals surface area contributed by atoms with Crippen LogP contribution in [0.3, 0.4) is 0 Å². The summed E-state index contributed by atoms with van der Waals surface area (Å²) in [5.74, 6) is -0.0584. The Balaban J connectivity index is 1.48. The molecule has 2 aromatic carbocycles. The number of para-hydroxylation sites is 1. The summed E-state index contributed by atoms with van der Waals surface area (Å²) >= 11 is 5.99. The maximum Gasteiger partial charge on any atom is 0.253 e. The number of hydrogen-bond donors (Lipinski definition) is 2. The third-order valence-electron chi connectivity index (χ3n) is 5.29. The summed E-state index contributed by atoms with van der Waals surface area (Å²) in [6.45, 7) is 1.70. The fourth-order valence-corrected chi connectivity index (χ4v) is 3.87. The SMILES string of the molecule is O=C(c1cccc(Cl)c1)N1CCC2(CC1)NCc1ccccc1NC2=O. The maximum atomic E-state index is 12.9. The van der Waals surface area contributed by atoms with Gasteiger partial charge in [-0.2, -0.15) is 0 Å². The van der Waals surface area contributed by atoms with Crippen LogP contribution >= 0.6 is 11.6 Å². The van der Waals surface area contributed by atoms with Gasteiger partial charge in [0.25, 0.3) is 5.91 Å². The fraction of sp³-hybridized carbons (Fsp3) is 0.300. The molecular weight excluding hydrogens is 350 g/mol. The molecule has 0 saturated carbocycles. The van der Waals surface area contributed by atoms with Crippen LogP contribution < -0.4 is 10.6 Å². The van der Waals surface area contributed by atoms with Crippen LogP contribution in [0.4, 0.5) is 5.69 Å². The van der Waals surface area contributed by atoms with Crippen molar-refractivity contribution in [3.8, 4) is 0 Å². The van der Waals surface area contributed by atoms with E-state index in [9.17, 15) is 9.59 Å². The van der Waals surface area contributed by atoms with Crippen molar-refractivity contribution in [1.29, 1.82) is 0 Å². The molecule has 2 aliphatic heterocycles. The molecule has 2 heterocycles. The van der Waals surface area contributed by atoms with Crippen molar-refractivity contribution < 1.29 is 9.59 Å². The van der Waals surface area contributed by atoms with Crippen LogP contribution in [0.25, 0.3) is 0 Å². The van der Waals surface area contributed by atoms with Gasteiger partial charge in [0, 0.05) is 35.9 Å². The first-order valence-corrected chi connectivity index (χ1v) is 9.14. The van der Waals surface area contributed by atoms with E-state index in [2.05, 4.69) is 10.6 Å². The van der Waals surface area contributed by atoms with Gasteiger partial charge in [0.2, 0.25) is 5.91 Å². The largest absolute Gasteiger partial charge is 0.338 e. The average Bonchev–Trinajstić information content (AvgIpc) is 2.79. The standard InChI is InChI=1S/C20H20ClN3O2/c21-16-6-3-5-14(12-16)18(25)24-10-8-20(9-11-24)19(26)23-17-7-2-1-4-15(17)13-22-20/h1-7,12,22H,8-11,13H2,(H,23,26). The average molecular weight is 370 g/mol. The normalized spacial score (nSPS) is 18.8. The minimum atomic E-state index is -0.635. The minimum Gasteiger partial charge on any atom is -0.338 e. The summed E-state index contributed by atoms with van der Waals surface area (Å²) < 4.78 is 0. The third-order valence-corrected chi connectivity index (χ3v) is 5.53. The molecule has 1 fully saturated rings. The lowest BCUT2D eigenvalue weighted by molar-refractivity contribution is -0.124. The highest BCUT2D eigenvalue weighted by Gasteiger charge is 2.43. The predicted octanol–water partition coefficient (Wildman–Crippen LogP) is 3.06. The first-order chi connectivity index (χ1) is 12.6. The van der Waals surface area contributed by atoms with E-state index in [-0.39, 0.29) is 11.8 Å². The molecule has 1 spiro atoms. The molecule has 4 rings (SSSR count). The van der Waals surface area contributed by atoms with Gasteiger partial charge in [0.15, 0.2) is 0 Å². The van der Waals surface area contributed by atoms with Crippen LogP contribution in [-0.2, 0) is 11.3 Å². The number of nitrogens with one attached hydrogen (secondary N) is 2. The molecule has 2 amide bonds. The summed E-state index contributed by atoms with van der Waals surface area (Å²) in [6.07, 6.45) is 1.16. The number of anilines is 1. The second-order valence-corrected chi connectivity index (χ2v) is 7.29. The number of amides is 2. The molecule has 134 valence electrons. The second kappa shape index (κ2) is 6.74. The van der Waals surface area contributed by atoms with Gasteiger partial charge >= 0.3 is 0 Å². The van der Waals surface area contributed by atoms with Gasteiger partial charge in [-0.1, -0.05) is 35.9 Å². The Hall–Kier alpha value is -2.37. The zero-order valence-corrected chi connectivity index (χ0v) is 15.1. The molecule has 26 heavy (non-hydrogen) atoms. The maximum absolute atomic E-state index is 12.9. The second-order valence-electron chi connectivity index (χ2n) is 6.85. The molecule has 6 heteroatoms. The summed E-state index contributed by atoms with van der Waals surface area (Å²) in [4.78, 5) is 27.3. The number of carbonyl (C=O) groups excluding carboxylic acids is 2. The van der Waals surface area contributed by atoms with Gasteiger partial charge in [-0.15, -0.1) is 0 Å². The molecule has 0 bridgehead atoms. The van der Waals surface area contributed by atoms with Crippen LogP contribution in [0.1, 0.15) is 28.8 Å². The Labute approximate surface area is 157 Å². The topological polar surface area (TPSA) is 61.4 Å². The Morgan fingerprint density at radius 3 is 2.62 bits per heavy atom. The van der Waals surface area contributed by atoms with E-state index >= 15 is 0 Å². The molecule has 0 aliphatic carbocycles. The minimum absolute atomic E-state index is 0.0164. The van der Waals surface area contributed by atoms with E-state index in [0.29, 0.717) is 43.1 Å². The van der Waals surface area contributed by atoms with Crippen LogP contribution in [0, 0.1) is 0 Å². The molecule has 2 aromatic rings. The Kier molecular flexibility index (Phi) is 4.42. The number of halogens is 1. The van der Waals surface area contributed by atoms with E-state index in [4.69, 9.17) is 11.6 Å². The van der Waals surface area contributed by atoms with E-state index in [1.165, 1.54) is 0 Å². The predicted molar refractivity (Wildman–Crippen MR) is 101 cm³/mol. The quantitative estimate of drug-likeness (QED) is 0.812. The van der Waals surface area contributed by atoms with Gasteiger partial charge in [0.05, 0.1) is 0 Å².